The van der Waals surface area contributed by atoms with Crippen LogP contribution in [-0.2, 0) is 14.4 Å². The van der Waals surface area contributed by atoms with Gasteiger partial charge < -0.3 is 25.2 Å². The summed E-state index contributed by atoms with van der Waals surface area (Å²) in [5, 5.41) is 14.8. The van der Waals surface area contributed by atoms with Crippen molar-refractivity contribution < 1.29 is 19.5 Å². The van der Waals surface area contributed by atoms with E-state index in [9.17, 15) is 14.4 Å². The molecule has 3 amide bonds. The summed E-state index contributed by atoms with van der Waals surface area (Å²) in [5.74, 6) is 1.13. The van der Waals surface area contributed by atoms with Gasteiger partial charge in [-0.2, -0.15) is 0 Å². The molecule has 1 aliphatic heterocycles. The number of carbonyl (C=O) groups excluding carboxylic acids is 3. The van der Waals surface area contributed by atoms with E-state index in [4.69, 9.17) is 5.11 Å². The Hall–Kier alpha value is -3.20. The lowest BCUT2D eigenvalue weighted by Crippen LogP contribution is -2.46. The first kappa shape index (κ1) is 43.9. The molecule has 4 unspecified atom stereocenters. The van der Waals surface area contributed by atoms with Crippen LogP contribution >= 0.6 is 0 Å². The summed E-state index contributed by atoms with van der Waals surface area (Å²) in [4.78, 5) is 38.3. The van der Waals surface area contributed by atoms with E-state index in [1.165, 1.54) is 0 Å². The number of amides is 3. The summed E-state index contributed by atoms with van der Waals surface area (Å²) in [7, 11) is 0. The lowest BCUT2D eigenvalue weighted by atomic mass is 9.84. The highest BCUT2D eigenvalue weighted by molar-refractivity contribution is 5.82. The number of carbonyl (C=O) groups is 3. The van der Waals surface area contributed by atoms with Gasteiger partial charge in [-0.15, -0.1) is 0 Å². The van der Waals surface area contributed by atoms with E-state index in [0.717, 1.165) is 49.2 Å². The summed E-state index contributed by atoms with van der Waals surface area (Å²) >= 11 is 0. The van der Waals surface area contributed by atoms with E-state index in [1.807, 2.05) is 97.3 Å². The first-order chi connectivity index (χ1) is 21.1. The van der Waals surface area contributed by atoms with Gasteiger partial charge >= 0.3 is 0 Å². The van der Waals surface area contributed by atoms with E-state index in [-0.39, 0.29) is 41.0 Å². The number of benzene rings is 1. The standard InChI is InChI=1S/C13H15N3O.C13H27NO.C6H11NO2.2C2H6/c1-10(15-9-17)12-3-5-13(6-4-12)16-8-7-14-11(16)2;1-8-9-13(6,7)11(15)14-10(2)12(3,4)5;1-5-2-6(9)3-7(5)4-8;2*1-2/h3-10H,1-2H3,(H,15,17);10H,8-9H2,1-7H3,(H,14,15);4-6,9H,2-3H2,1H3;2*1-2H3. The SMILES string of the molecule is CC.CC.CC1CC(O)CN1C=O.CCCC(C)(C)C(=O)NC(C)C(C)(C)C.Cc1nccn1-c1ccc(C(C)NC=O)cc1. The molecule has 2 aromatic rings. The summed E-state index contributed by atoms with van der Waals surface area (Å²) in [6.45, 7) is 29.0. The highest BCUT2D eigenvalue weighted by Gasteiger charge is 2.30. The van der Waals surface area contributed by atoms with Crippen molar-refractivity contribution in [2.75, 3.05) is 6.54 Å². The monoisotopic (exact) mass is 632 g/mol. The highest BCUT2D eigenvalue weighted by Crippen LogP contribution is 2.25. The summed E-state index contributed by atoms with van der Waals surface area (Å²) < 4.78 is 2.02. The number of imidazole rings is 1. The number of aliphatic hydroxyl groups excluding tert-OH is 1. The van der Waals surface area contributed by atoms with Crippen LogP contribution in [0.1, 0.15) is 127 Å². The maximum absolute atomic E-state index is 12.0. The fraction of sp³-hybridized carbons (Fsp3) is 0.667. The molecule has 0 radical (unpaired) electrons. The van der Waals surface area contributed by atoms with Crippen molar-refractivity contribution in [2.24, 2.45) is 10.8 Å². The van der Waals surface area contributed by atoms with E-state index in [2.05, 4.69) is 50.2 Å². The zero-order chi connectivity index (χ0) is 35.4. The second-order valence-corrected chi connectivity index (χ2v) is 12.7. The molecule has 4 atom stereocenters. The summed E-state index contributed by atoms with van der Waals surface area (Å²) in [6.07, 6.45) is 7.63. The Labute approximate surface area is 274 Å². The molecule has 9 heteroatoms. The van der Waals surface area contributed by atoms with E-state index in [0.29, 0.717) is 6.54 Å². The molecule has 3 rings (SSSR count). The Morgan fingerprint density at radius 1 is 1.07 bits per heavy atom. The van der Waals surface area contributed by atoms with Crippen molar-refractivity contribution in [3.8, 4) is 5.69 Å². The smallest absolute Gasteiger partial charge is 0.225 e. The molecule has 258 valence electrons. The molecule has 1 aliphatic rings. The third-order valence-corrected chi connectivity index (χ3v) is 7.69. The molecule has 1 aromatic heterocycles. The number of hydrogen-bond acceptors (Lipinski definition) is 5. The minimum Gasteiger partial charge on any atom is -0.391 e. The van der Waals surface area contributed by atoms with Crippen molar-refractivity contribution >= 4 is 18.7 Å². The number of β-amino-alcohol motifs (C(OH)–C–C–N with tert-alkyl or cyclic N) is 1. The number of rotatable bonds is 9. The first-order valence-electron chi connectivity index (χ1n) is 16.6. The van der Waals surface area contributed by atoms with Gasteiger partial charge in [0.2, 0.25) is 18.7 Å². The Morgan fingerprint density at radius 2 is 1.62 bits per heavy atom. The van der Waals surface area contributed by atoms with Gasteiger partial charge in [-0.05, 0) is 63.6 Å². The largest absolute Gasteiger partial charge is 0.391 e. The molecule has 45 heavy (non-hydrogen) atoms. The van der Waals surface area contributed by atoms with Crippen LogP contribution in [0.5, 0.6) is 0 Å². The van der Waals surface area contributed by atoms with Crippen LogP contribution in [0.15, 0.2) is 36.7 Å². The Bertz CT molecular complexity index is 1080. The van der Waals surface area contributed by atoms with Gasteiger partial charge in [0.05, 0.1) is 12.1 Å². The van der Waals surface area contributed by atoms with Crippen LogP contribution in [0.25, 0.3) is 5.69 Å². The van der Waals surface area contributed by atoms with Gasteiger partial charge in [-0.25, -0.2) is 4.98 Å². The predicted molar refractivity (Wildman–Crippen MR) is 187 cm³/mol. The van der Waals surface area contributed by atoms with Gasteiger partial charge in [0.25, 0.3) is 0 Å². The van der Waals surface area contributed by atoms with Gasteiger partial charge in [0.15, 0.2) is 0 Å². The fourth-order valence-electron chi connectivity index (χ4n) is 4.29. The van der Waals surface area contributed by atoms with Crippen molar-refractivity contribution in [1.29, 1.82) is 0 Å². The molecule has 1 fully saturated rings. The topological polar surface area (TPSA) is 117 Å². The summed E-state index contributed by atoms with van der Waals surface area (Å²) in [5.41, 5.74) is 2.03. The van der Waals surface area contributed by atoms with Crippen LogP contribution in [0.4, 0.5) is 0 Å². The molecular formula is C36H65N5O4. The van der Waals surface area contributed by atoms with Crippen molar-refractivity contribution in [3.05, 3.63) is 48.0 Å². The number of nitrogens with zero attached hydrogens (tertiary/aromatic N) is 3. The van der Waals surface area contributed by atoms with Gasteiger partial charge in [-0.3, -0.25) is 14.4 Å². The molecule has 1 saturated heterocycles. The average Bonchev–Trinajstić information content (AvgIpc) is 3.58. The Balaban J connectivity index is 0. The highest BCUT2D eigenvalue weighted by atomic mass is 16.3. The average molecular weight is 632 g/mol. The second-order valence-electron chi connectivity index (χ2n) is 12.7. The van der Waals surface area contributed by atoms with Gasteiger partial charge in [-0.1, -0.05) is 87.8 Å². The van der Waals surface area contributed by atoms with Crippen molar-refractivity contribution in [2.45, 2.75) is 140 Å². The Morgan fingerprint density at radius 3 is 1.98 bits per heavy atom. The molecule has 0 saturated carbocycles. The zero-order valence-electron chi connectivity index (χ0n) is 30.8. The van der Waals surface area contributed by atoms with Crippen molar-refractivity contribution in [3.63, 3.8) is 0 Å². The third-order valence-electron chi connectivity index (χ3n) is 7.69. The van der Waals surface area contributed by atoms with E-state index < -0.39 is 0 Å². The van der Waals surface area contributed by atoms with Gasteiger partial charge in [0.1, 0.15) is 5.82 Å². The van der Waals surface area contributed by atoms with E-state index in [1.54, 1.807) is 11.1 Å². The molecule has 9 nitrogen and oxygen atoms in total. The number of nitrogens with one attached hydrogen (secondary N) is 2. The molecular weight excluding hydrogens is 566 g/mol. The molecule has 1 aromatic carbocycles. The van der Waals surface area contributed by atoms with Crippen LogP contribution in [0.2, 0.25) is 0 Å². The number of likely N-dealkylation sites (tertiary alicyclic amines) is 1. The maximum atomic E-state index is 12.0. The second kappa shape index (κ2) is 22.3. The van der Waals surface area contributed by atoms with E-state index >= 15 is 0 Å². The minimum absolute atomic E-state index is 0.0328. The van der Waals surface area contributed by atoms with Crippen LogP contribution < -0.4 is 10.6 Å². The molecule has 0 spiro atoms. The lowest BCUT2D eigenvalue weighted by Gasteiger charge is -2.32. The lowest BCUT2D eigenvalue weighted by molar-refractivity contribution is -0.131. The number of aliphatic hydroxyl groups is 1. The maximum Gasteiger partial charge on any atom is 0.225 e. The number of aromatic nitrogens is 2. The predicted octanol–water partition coefficient (Wildman–Crippen LogP) is 7.00. The molecule has 0 bridgehead atoms. The normalized spacial score (nSPS) is 16.8. The molecule has 2 heterocycles. The number of hydrogen-bond donors (Lipinski definition) is 3. The van der Waals surface area contributed by atoms with Gasteiger partial charge in [0, 0.05) is 42.1 Å². The van der Waals surface area contributed by atoms with Crippen LogP contribution in [0, 0.1) is 17.8 Å². The van der Waals surface area contributed by atoms with Crippen molar-refractivity contribution in [1.82, 2.24) is 25.1 Å². The van der Waals surface area contributed by atoms with Crippen LogP contribution in [0.3, 0.4) is 0 Å². The minimum atomic E-state index is -0.301. The summed E-state index contributed by atoms with van der Waals surface area (Å²) in [6, 6.07) is 8.52. The number of aryl methyl sites for hydroxylation is 1. The third kappa shape index (κ3) is 16.1. The Kier molecular flexibility index (Phi) is 21.8. The fourth-order valence-corrected chi connectivity index (χ4v) is 4.29. The molecule has 3 N–H and O–H groups in total. The van der Waals surface area contributed by atoms with Crippen LogP contribution in [-0.4, -0.2) is 63.0 Å². The first-order valence-corrected chi connectivity index (χ1v) is 16.6. The molecule has 0 aliphatic carbocycles. The zero-order valence-corrected chi connectivity index (χ0v) is 30.8. The quantitative estimate of drug-likeness (QED) is 0.258.